The van der Waals surface area contributed by atoms with Gasteiger partial charge in [0.15, 0.2) is 0 Å². The van der Waals surface area contributed by atoms with E-state index in [1.54, 1.807) is 13.0 Å². The molecule has 0 aromatic heterocycles. The highest BCUT2D eigenvalue weighted by Gasteiger charge is 2.32. The number of rotatable bonds is 5. The van der Waals surface area contributed by atoms with Crippen LogP contribution >= 0.6 is 22.6 Å². The van der Waals surface area contributed by atoms with E-state index in [2.05, 4.69) is 5.32 Å². The minimum absolute atomic E-state index is 0.122. The number of aliphatic carboxylic acids is 1. The molecule has 1 aromatic rings. The zero-order chi connectivity index (χ0) is 13.9. The maximum Gasteiger partial charge on any atom is 0.329 e. The molecule has 2 N–H and O–H groups in total. The SMILES string of the molecule is CCC(C)(Nc1ccc(I)cc1[N+](=O)[O-])C(=O)O. The molecule has 0 amide bonds. The monoisotopic (exact) mass is 364 g/mol. The van der Waals surface area contributed by atoms with Crippen molar-refractivity contribution in [3.63, 3.8) is 0 Å². The average molecular weight is 364 g/mol. The Labute approximate surface area is 118 Å². The summed E-state index contributed by atoms with van der Waals surface area (Å²) in [7, 11) is 0. The maximum absolute atomic E-state index is 11.2. The number of nitro benzene ring substituents is 1. The Hall–Kier alpha value is -1.38. The van der Waals surface area contributed by atoms with Crippen molar-refractivity contribution in [3.05, 3.63) is 31.9 Å². The first-order chi connectivity index (χ1) is 8.30. The van der Waals surface area contributed by atoms with Gasteiger partial charge in [-0.15, -0.1) is 0 Å². The second kappa shape index (κ2) is 5.51. The lowest BCUT2D eigenvalue weighted by Gasteiger charge is -2.25. The van der Waals surface area contributed by atoms with Gasteiger partial charge in [0.1, 0.15) is 11.2 Å². The van der Waals surface area contributed by atoms with Gasteiger partial charge in [-0.05, 0) is 48.1 Å². The van der Waals surface area contributed by atoms with Crippen molar-refractivity contribution in [2.24, 2.45) is 0 Å². The van der Waals surface area contributed by atoms with Crippen LogP contribution in [0.3, 0.4) is 0 Å². The number of hydrogen-bond acceptors (Lipinski definition) is 4. The average Bonchev–Trinajstić information content (AvgIpc) is 2.30. The summed E-state index contributed by atoms with van der Waals surface area (Å²) in [6.07, 6.45) is 0.311. The van der Waals surface area contributed by atoms with Gasteiger partial charge in [-0.1, -0.05) is 6.92 Å². The zero-order valence-corrected chi connectivity index (χ0v) is 12.1. The summed E-state index contributed by atoms with van der Waals surface area (Å²) in [6.45, 7) is 3.21. The predicted molar refractivity (Wildman–Crippen MR) is 75.8 cm³/mol. The van der Waals surface area contributed by atoms with E-state index in [0.29, 0.717) is 6.42 Å². The zero-order valence-electron chi connectivity index (χ0n) is 9.94. The van der Waals surface area contributed by atoms with Crippen molar-refractivity contribution in [2.75, 3.05) is 5.32 Å². The second-order valence-corrected chi connectivity index (χ2v) is 5.28. The highest BCUT2D eigenvalue weighted by molar-refractivity contribution is 14.1. The van der Waals surface area contributed by atoms with Gasteiger partial charge in [0.05, 0.1) is 4.92 Å². The standard InChI is InChI=1S/C11H13IN2O4/c1-3-11(2,10(15)16)13-8-5-4-7(12)6-9(8)14(17)18/h4-6,13H,3H2,1-2H3,(H,15,16). The maximum atomic E-state index is 11.2. The molecule has 0 aliphatic rings. The van der Waals surface area contributed by atoms with Gasteiger partial charge in [-0.25, -0.2) is 4.79 Å². The van der Waals surface area contributed by atoms with Crippen LogP contribution in [0.2, 0.25) is 0 Å². The summed E-state index contributed by atoms with van der Waals surface area (Å²) >= 11 is 1.97. The van der Waals surface area contributed by atoms with E-state index >= 15 is 0 Å². The highest BCUT2D eigenvalue weighted by atomic mass is 127. The van der Waals surface area contributed by atoms with E-state index in [-0.39, 0.29) is 11.4 Å². The van der Waals surface area contributed by atoms with E-state index in [0.717, 1.165) is 3.57 Å². The molecule has 0 bridgehead atoms. The van der Waals surface area contributed by atoms with Gasteiger partial charge in [0.2, 0.25) is 0 Å². The summed E-state index contributed by atoms with van der Waals surface area (Å²) in [6, 6.07) is 4.62. The molecule has 1 atom stereocenters. The summed E-state index contributed by atoms with van der Waals surface area (Å²) < 4.78 is 0.721. The number of benzene rings is 1. The number of halogens is 1. The van der Waals surface area contributed by atoms with Gasteiger partial charge in [-0.2, -0.15) is 0 Å². The molecule has 7 heteroatoms. The van der Waals surface area contributed by atoms with Crippen LogP contribution in [0, 0.1) is 13.7 Å². The van der Waals surface area contributed by atoms with Crippen molar-refractivity contribution in [3.8, 4) is 0 Å². The second-order valence-electron chi connectivity index (χ2n) is 4.03. The minimum atomic E-state index is -1.22. The highest BCUT2D eigenvalue weighted by Crippen LogP contribution is 2.29. The minimum Gasteiger partial charge on any atom is -0.480 e. The molecule has 0 heterocycles. The van der Waals surface area contributed by atoms with Gasteiger partial charge < -0.3 is 10.4 Å². The third kappa shape index (κ3) is 3.09. The molecule has 18 heavy (non-hydrogen) atoms. The number of nitrogens with one attached hydrogen (secondary N) is 1. The van der Waals surface area contributed by atoms with Crippen molar-refractivity contribution < 1.29 is 14.8 Å². The van der Waals surface area contributed by atoms with Gasteiger partial charge in [0.25, 0.3) is 5.69 Å². The van der Waals surface area contributed by atoms with Crippen LogP contribution in [-0.4, -0.2) is 21.5 Å². The number of nitrogens with zero attached hydrogens (tertiary/aromatic N) is 1. The van der Waals surface area contributed by atoms with Gasteiger partial charge >= 0.3 is 5.97 Å². The number of carboxylic acids is 1. The van der Waals surface area contributed by atoms with Crippen LogP contribution in [0.25, 0.3) is 0 Å². The Balaban J connectivity index is 3.18. The van der Waals surface area contributed by atoms with Crippen LogP contribution in [0.1, 0.15) is 20.3 Å². The number of hydrogen-bond donors (Lipinski definition) is 2. The summed E-state index contributed by atoms with van der Waals surface area (Å²) in [4.78, 5) is 21.6. The largest absolute Gasteiger partial charge is 0.480 e. The lowest BCUT2D eigenvalue weighted by atomic mass is 9.98. The molecule has 0 aliphatic heterocycles. The lowest BCUT2D eigenvalue weighted by Crippen LogP contribution is -2.42. The summed E-state index contributed by atoms with van der Waals surface area (Å²) in [5.74, 6) is -1.04. The van der Waals surface area contributed by atoms with Crippen LogP contribution in [0.5, 0.6) is 0 Å². The van der Waals surface area contributed by atoms with E-state index < -0.39 is 16.4 Å². The number of nitro groups is 1. The third-order valence-electron chi connectivity index (χ3n) is 2.75. The van der Waals surface area contributed by atoms with Gasteiger partial charge in [-0.3, -0.25) is 10.1 Å². The first kappa shape index (κ1) is 14.7. The fourth-order valence-electron chi connectivity index (χ4n) is 1.35. The molecule has 0 spiro atoms. The molecule has 0 aliphatic carbocycles. The molecule has 6 nitrogen and oxygen atoms in total. The predicted octanol–water partition coefficient (Wildman–Crippen LogP) is 2.86. The smallest absolute Gasteiger partial charge is 0.329 e. The number of carbonyl (C=O) groups is 1. The Morgan fingerprint density at radius 2 is 2.22 bits per heavy atom. The van der Waals surface area contributed by atoms with E-state index in [1.807, 2.05) is 22.6 Å². The fraction of sp³-hybridized carbons (Fsp3) is 0.364. The number of carboxylic acid groups (broad SMARTS) is 1. The molecule has 0 saturated heterocycles. The molecule has 98 valence electrons. The topological polar surface area (TPSA) is 92.5 Å². The van der Waals surface area contributed by atoms with E-state index in [1.165, 1.54) is 19.1 Å². The quantitative estimate of drug-likeness (QED) is 0.476. The first-order valence-corrected chi connectivity index (χ1v) is 6.33. The molecule has 1 rings (SSSR count). The van der Waals surface area contributed by atoms with E-state index in [4.69, 9.17) is 5.11 Å². The molecule has 1 aromatic carbocycles. The third-order valence-corrected chi connectivity index (χ3v) is 3.42. The Bertz CT molecular complexity index is 492. The molecule has 0 radical (unpaired) electrons. The lowest BCUT2D eigenvalue weighted by molar-refractivity contribution is -0.384. The Morgan fingerprint density at radius 1 is 1.61 bits per heavy atom. The molecule has 1 unspecified atom stereocenters. The van der Waals surface area contributed by atoms with Crippen molar-refractivity contribution in [1.29, 1.82) is 0 Å². The van der Waals surface area contributed by atoms with Crippen LogP contribution in [0.15, 0.2) is 18.2 Å². The van der Waals surface area contributed by atoms with Crippen LogP contribution in [-0.2, 0) is 4.79 Å². The Kier molecular flexibility index (Phi) is 4.49. The fourth-order valence-corrected chi connectivity index (χ4v) is 1.83. The summed E-state index contributed by atoms with van der Waals surface area (Å²) in [5, 5.41) is 22.8. The molecular formula is C11H13IN2O4. The number of anilines is 1. The molecule has 0 fully saturated rings. The van der Waals surface area contributed by atoms with E-state index in [9.17, 15) is 14.9 Å². The summed E-state index contributed by atoms with van der Waals surface area (Å²) in [5.41, 5.74) is -1.13. The van der Waals surface area contributed by atoms with Crippen molar-refractivity contribution in [1.82, 2.24) is 0 Å². The van der Waals surface area contributed by atoms with Crippen LogP contribution in [0.4, 0.5) is 11.4 Å². The van der Waals surface area contributed by atoms with Gasteiger partial charge in [0, 0.05) is 9.64 Å². The Morgan fingerprint density at radius 3 is 2.67 bits per heavy atom. The van der Waals surface area contributed by atoms with Crippen molar-refractivity contribution in [2.45, 2.75) is 25.8 Å². The van der Waals surface area contributed by atoms with Crippen molar-refractivity contribution >= 4 is 39.9 Å². The molecular weight excluding hydrogens is 351 g/mol. The normalized spacial score (nSPS) is 13.7. The molecule has 0 saturated carbocycles. The first-order valence-electron chi connectivity index (χ1n) is 5.25. The van der Waals surface area contributed by atoms with Crippen LogP contribution < -0.4 is 5.32 Å².